The third-order valence-corrected chi connectivity index (χ3v) is 6.04. The van der Waals surface area contributed by atoms with Crippen molar-refractivity contribution in [1.29, 1.82) is 0 Å². The molecule has 33 heavy (non-hydrogen) atoms. The van der Waals surface area contributed by atoms with Crippen molar-refractivity contribution in [2.24, 2.45) is 0 Å². The van der Waals surface area contributed by atoms with Crippen molar-refractivity contribution in [3.05, 3.63) is 72.1 Å². The fourth-order valence-corrected chi connectivity index (χ4v) is 4.31. The molecule has 4 heterocycles. The van der Waals surface area contributed by atoms with Gasteiger partial charge in [-0.15, -0.1) is 0 Å². The second-order valence-electron chi connectivity index (χ2n) is 8.59. The van der Waals surface area contributed by atoms with Gasteiger partial charge >= 0.3 is 0 Å². The fourth-order valence-electron chi connectivity index (χ4n) is 4.31. The first kappa shape index (κ1) is 21.4. The van der Waals surface area contributed by atoms with Crippen molar-refractivity contribution in [1.82, 2.24) is 25.1 Å². The minimum absolute atomic E-state index is 0.0934. The summed E-state index contributed by atoms with van der Waals surface area (Å²) in [5.74, 6) is 1.55. The van der Waals surface area contributed by atoms with Crippen molar-refractivity contribution in [2.75, 3.05) is 49.9 Å². The molecule has 1 amide bonds. The third-order valence-electron chi connectivity index (χ3n) is 6.04. The van der Waals surface area contributed by atoms with Crippen molar-refractivity contribution >= 4 is 28.9 Å². The lowest BCUT2D eigenvalue weighted by Gasteiger charge is -2.34. The Kier molecular flexibility index (Phi) is 6.46. The number of piperazine rings is 1. The Morgan fingerprint density at radius 3 is 2.03 bits per heavy atom. The van der Waals surface area contributed by atoms with E-state index in [-0.39, 0.29) is 5.91 Å². The number of hydrogen-bond acceptors (Lipinski definition) is 7. The second kappa shape index (κ2) is 9.97. The number of carbonyl (C=O) groups excluding carboxylic acids is 1. The van der Waals surface area contributed by atoms with Gasteiger partial charge in [0.05, 0.1) is 6.54 Å². The zero-order valence-electron chi connectivity index (χ0n) is 18.6. The van der Waals surface area contributed by atoms with Crippen molar-refractivity contribution < 1.29 is 4.79 Å². The average molecular weight is 444 g/mol. The summed E-state index contributed by atoms with van der Waals surface area (Å²) < 4.78 is 0. The van der Waals surface area contributed by atoms with Crippen molar-refractivity contribution in [2.45, 2.75) is 13.0 Å². The zero-order valence-corrected chi connectivity index (χ0v) is 18.6. The first-order valence-corrected chi connectivity index (χ1v) is 11.4. The molecular weight excluding hydrogens is 414 g/mol. The van der Waals surface area contributed by atoms with Crippen LogP contribution in [0.2, 0.25) is 0 Å². The quantitative estimate of drug-likeness (QED) is 0.493. The number of amides is 1. The average Bonchev–Trinajstić information content (AvgIpc) is 2.81. The van der Waals surface area contributed by atoms with Crippen LogP contribution < -0.4 is 16.0 Å². The first-order chi connectivity index (χ1) is 16.2. The number of benzene rings is 2. The van der Waals surface area contributed by atoms with Gasteiger partial charge in [-0.1, -0.05) is 24.3 Å². The molecule has 1 saturated heterocycles. The van der Waals surface area contributed by atoms with Crippen molar-refractivity contribution in [3.63, 3.8) is 0 Å². The summed E-state index contributed by atoms with van der Waals surface area (Å²) in [7, 11) is 0. The summed E-state index contributed by atoms with van der Waals surface area (Å²) in [6.45, 7) is 5.70. The van der Waals surface area contributed by atoms with Crippen LogP contribution in [0.25, 0.3) is 0 Å². The highest BCUT2D eigenvalue weighted by atomic mass is 16.2. The highest BCUT2D eigenvalue weighted by Gasteiger charge is 2.19. The molecule has 3 aliphatic rings. The lowest BCUT2D eigenvalue weighted by molar-refractivity contribution is -0.122. The summed E-state index contributed by atoms with van der Waals surface area (Å²) in [6.07, 6.45) is 2.34. The number of carbonyl (C=O) groups is 1. The SMILES string of the molecule is O=C1CN2CCN(CC2)Cc2cccc(c2)Nc2cc(ncn2)Nc2cccc(c2)CCN1. The summed E-state index contributed by atoms with van der Waals surface area (Å²) in [5, 5.41) is 9.83. The summed E-state index contributed by atoms with van der Waals surface area (Å²) >= 11 is 0. The Morgan fingerprint density at radius 2 is 1.33 bits per heavy atom. The molecule has 0 radical (unpaired) electrons. The molecule has 0 saturated carbocycles. The normalized spacial score (nSPS) is 21.2. The number of hydrogen-bond donors (Lipinski definition) is 3. The van der Waals surface area contributed by atoms with Gasteiger partial charge in [-0.3, -0.25) is 14.6 Å². The summed E-state index contributed by atoms with van der Waals surface area (Å²) in [5.41, 5.74) is 4.36. The lowest BCUT2D eigenvalue weighted by atomic mass is 10.1. The highest BCUT2D eigenvalue weighted by Crippen LogP contribution is 2.21. The van der Waals surface area contributed by atoms with Gasteiger partial charge in [-0.25, -0.2) is 9.97 Å². The topological polar surface area (TPSA) is 85.4 Å². The van der Waals surface area contributed by atoms with Gasteiger partial charge in [-0.2, -0.15) is 0 Å². The molecule has 3 aromatic rings. The van der Waals surface area contributed by atoms with Gasteiger partial charge in [0.25, 0.3) is 0 Å². The third kappa shape index (κ3) is 5.85. The van der Waals surface area contributed by atoms with Crippen molar-refractivity contribution in [3.8, 4) is 0 Å². The molecule has 8 heteroatoms. The molecule has 1 aromatic heterocycles. The van der Waals surface area contributed by atoms with E-state index >= 15 is 0 Å². The van der Waals surface area contributed by atoms with E-state index in [2.05, 4.69) is 66.0 Å². The summed E-state index contributed by atoms with van der Waals surface area (Å²) in [4.78, 5) is 25.9. The Morgan fingerprint density at radius 1 is 0.727 bits per heavy atom. The van der Waals surface area contributed by atoms with Gasteiger partial charge in [-0.05, 0) is 41.8 Å². The van der Waals surface area contributed by atoms with Gasteiger partial charge in [0.15, 0.2) is 0 Å². The fraction of sp³-hybridized carbons (Fsp3) is 0.320. The van der Waals surface area contributed by atoms with Gasteiger partial charge in [0, 0.05) is 56.7 Å². The number of nitrogens with zero attached hydrogens (tertiary/aromatic N) is 4. The zero-order chi connectivity index (χ0) is 22.5. The van der Waals surface area contributed by atoms with E-state index in [1.807, 2.05) is 24.3 Å². The Bertz CT molecular complexity index is 1110. The van der Waals surface area contributed by atoms with Crippen LogP contribution in [0.3, 0.4) is 0 Å². The minimum Gasteiger partial charge on any atom is -0.355 e. The van der Waals surface area contributed by atoms with E-state index in [0.29, 0.717) is 13.1 Å². The van der Waals surface area contributed by atoms with Crippen LogP contribution in [-0.4, -0.2) is 64.9 Å². The molecular formula is C25H29N7O. The van der Waals surface area contributed by atoms with E-state index in [1.54, 1.807) is 6.33 Å². The van der Waals surface area contributed by atoms with E-state index in [4.69, 9.17) is 0 Å². The molecule has 0 unspecified atom stereocenters. The van der Waals surface area contributed by atoms with Crippen LogP contribution >= 0.6 is 0 Å². The molecule has 6 rings (SSSR count). The first-order valence-electron chi connectivity index (χ1n) is 11.4. The van der Waals surface area contributed by atoms with Gasteiger partial charge < -0.3 is 16.0 Å². The summed E-state index contributed by atoms with van der Waals surface area (Å²) in [6, 6.07) is 18.5. The molecule has 8 nitrogen and oxygen atoms in total. The highest BCUT2D eigenvalue weighted by molar-refractivity contribution is 5.78. The van der Waals surface area contributed by atoms with Crippen LogP contribution in [0.1, 0.15) is 11.1 Å². The van der Waals surface area contributed by atoms with Crippen LogP contribution in [0.15, 0.2) is 60.9 Å². The predicted molar refractivity (Wildman–Crippen MR) is 130 cm³/mol. The molecule has 3 N–H and O–H groups in total. The maximum atomic E-state index is 12.4. The molecule has 170 valence electrons. The molecule has 0 spiro atoms. The Hall–Kier alpha value is -3.49. The largest absolute Gasteiger partial charge is 0.355 e. The van der Waals surface area contributed by atoms with E-state index < -0.39 is 0 Å². The minimum atomic E-state index is 0.0934. The molecule has 2 aromatic carbocycles. The smallest absolute Gasteiger partial charge is 0.234 e. The molecule has 1 fully saturated rings. The number of fused-ring (bicyclic) bond motifs is 6. The Balaban J connectivity index is 1.39. The second-order valence-corrected chi connectivity index (χ2v) is 8.59. The van der Waals surface area contributed by atoms with E-state index in [9.17, 15) is 4.79 Å². The van der Waals surface area contributed by atoms with Gasteiger partial charge in [0.2, 0.25) is 5.91 Å². The molecule has 0 atom stereocenters. The van der Waals surface area contributed by atoms with Crippen LogP contribution in [0.5, 0.6) is 0 Å². The maximum Gasteiger partial charge on any atom is 0.234 e. The molecule has 0 aliphatic carbocycles. The molecule has 3 aliphatic heterocycles. The lowest BCUT2D eigenvalue weighted by Crippen LogP contribution is -2.49. The number of anilines is 4. The maximum absolute atomic E-state index is 12.4. The number of aromatic nitrogens is 2. The standard InChI is InChI=1S/C25H29N7O/c33-25-17-32-11-9-31(10-12-32)16-20-4-2-6-22(14-20)30-24-15-23(27-18-28-24)29-21-5-1-3-19(13-21)7-8-26-25/h1-6,13-15,18H,7-12,16-17H2,(H,26,33)(H2,27,28,29,30). The Labute approximate surface area is 194 Å². The molecule has 8 bridgehead atoms. The van der Waals surface area contributed by atoms with Crippen LogP contribution in [0.4, 0.5) is 23.0 Å². The number of nitrogens with one attached hydrogen (secondary N) is 3. The van der Waals surface area contributed by atoms with E-state index in [1.165, 1.54) is 5.56 Å². The van der Waals surface area contributed by atoms with Crippen LogP contribution in [-0.2, 0) is 17.8 Å². The van der Waals surface area contributed by atoms with E-state index in [0.717, 1.165) is 67.7 Å². The number of rotatable bonds is 0. The van der Waals surface area contributed by atoms with Gasteiger partial charge in [0.1, 0.15) is 18.0 Å². The predicted octanol–water partition coefficient (Wildman–Crippen LogP) is 2.75. The van der Waals surface area contributed by atoms with Crippen LogP contribution in [0, 0.1) is 0 Å². The monoisotopic (exact) mass is 443 g/mol.